The van der Waals surface area contributed by atoms with Crippen molar-refractivity contribution in [2.45, 2.75) is 45.5 Å². The predicted molar refractivity (Wildman–Crippen MR) is 109 cm³/mol. The highest BCUT2D eigenvalue weighted by molar-refractivity contribution is 5.67. The molecule has 0 saturated carbocycles. The number of ether oxygens (including phenoxy) is 1. The smallest absolute Gasteiger partial charge is 0.407 e. The highest BCUT2D eigenvalue weighted by Gasteiger charge is 2.21. The minimum Gasteiger partial charge on any atom is -0.444 e. The number of carbonyl (C=O) groups is 1. The summed E-state index contributed by atoms with van der Waals surface area (Å²) in [5.41, 5.74) is 7.97. The monoisotopic (exact) mass is 369 g/mol. The van der Waals surface area contributed by atoms with Crippen LogP contribution in [0.5, 0.6) is 0 Å². The van der Waals surface area contributed by atoms with Gasteiger partial charge in [-0.1, -0.05) is 60.7 Å². The number of rotatable bonds is 8. The first-order valence-electron chi connectivity index (χ1n) is 9.36. The minimum absolute atomic E-state index is 0.00192. The number of nitrogens with zero attached hydrogens (tertiary/aromatic N) is 1. The number of benzene rings is 2. The van der Waals surface area contributed by atoms with Gasteiger partial charge >= 0.3 is 6.09 Å². The van der Waals surface area contributed by atoms with Gasteiger partial charge in [-0.15, -0.1) is 0 Å². The summed E-state index contributed by atoms with van der Waals surface area (Å²) in [4.78, 5) is 14.3. The topological polar surface area (TPSA) is 67.6 Å². The lowest BCUT2D eigenvalue weighted by Crippen LogP contribution is -2.48. The summed E-state index contributed by atoms with van der Waals surface area (Å²) < 4.78 is 5.34. The third-order valence-corrected chi connectivity index (χ3v) is 4.13. The molecule has 0 aliphatic carbocycles. The van der Waals surface area contributed by atoms with Gasteiger partial charge in [-0.25, -0.2) is 4.79 Å². The third-order valence-electron chi connectivity index (χ3n) is 4.13. The Morgan fingerprint density at radius 2 is 1.48 bits per heavy atom. The van der Waals surface area contributed by atoms with E-state index in [1.807, 2.05) is 57.2 Å². The maximum absolute atomic E-state index is 12.0. The van der Waals surface area contributed by atoms with Crippen LogP contribution in [0, 0.1) is 0 Å². The molecule has 2 aromatic carbocycles. The van der Waals surface area contributed by atoms with Crippen molar-refractivity contribution in [3.8, 4) is 0 Å². The Bertz CT molecular complexity index is 642. The molecular formula is C22H31N3O2. The fourth-order valence-corrected chi connectivity index (χ4v) is 2.83. The first-order valence-corrected chi connectivity index (χ1v) is 9.36. The third kappa shape index (κ3) is 7.81. The minimum atomic E-state index is -0.518. The molecule has 0 saturated heterocycles. The Labute approximate surface area is 162 Å². The summed E-state index contributed by atoms with van der Waals surface area (Å²) in [7, 11) is 0. The van der Waals surface area contributed by atoms with Gasteiger partial charge in [0.15, 0.2) is 0 Å². The SMILES string of the molecule is CC(C)(C)OC(=O)NCC(CN)N(Cc1ccccc1)Cc1ccccc1. The zero-order valence-corrected chi connectivity index (χ0v) is 16.5. The van der Waals surface area contributed by atoms with Crippen molar-refractivity contribution in [3.05, 3.63) is 71.8 Å². The molecular weight excluding hydrogens is 338 g/mol. The van der Waals surface area contributed by atoms with Crippen LogP contribution >= 0.6 is 0 Å². The van der Waals surface area contributed by atoms with Crippen LogP contribution < -0.4 is 11.1 Å². The lowest BCUT2D eigenvalue weighted by atomic mass is 10.1. The van der Waals surface area contributed by atoms with E-state index in [-0.39, 0.29) is 6.04 Å². The van der Waals surface area contributed by atoms with Crippen LogP contribution in [0.3, 0.4) is 0 Å². The van der Waals surface area contributed by atoms with Gasteiger partial charge in [-0.2, -0.15) is 0 Å². The van der Waals surface area contributed by atoms with Gasteiger partial charge < -0.3 is 15.8 Å². The quantitative estimate of drug-likeness (QED) is 0.747. The zero-order valence-electron chi connectivity index (χ0n) is 16.5. The molecule has 27 heavy (non-hydrogen) atoms. The maximum atomic E-state index is 12.0. The lowest BCUT2D eigenvalue weighted by molar-refractivity contribution is 0.0504. The van der Waals surface area contributed by atoms with Crippen LogP contribution in [-0.2, 0) is 17.8 Å². The molecule has 0 fully saturated rings. The highest BCUT2D eigenvalue weighted by atomic mass is 16.6. The Morgan fingerprint density at radius 3 is 1.89 bits per heavy atom. The van der Waals surface area contributed by atoms with Gasteiger partial charge in [0.1, 0.15) is 5.60 Å². The number of nitrogens with two attached hydrogens (primary N) is 1. The zero-order chi connectivity index (χ0) is 19.7. The van der Waals surface area contributed by atoms with Gasteiger partial charge in [-0.05, 0) is 31.9 Å². The largest absolute Gasteiger partial charge is 0.444 e. The van der Waals surface area contributed by atoms with Gasteiger partial charge in [0, 0.05) is 32.2 Å². The van der Waals surface area contributed by atoms with E-state index in [1.54, 1.807) is 0 Å². The van der Waals surface area contributed by atoms with Crippen LogP contribution in [0.2, 0.25) is 0 Å². The number of alkyl carbamates (subject to hydrolysis) is 1. The summed E-state index contributed by atoms with van der Waals surface area (Å²) in [6.07, 6.45) is -0.416. The maximum Gasteiger partial charge on any atom is 0.407 e. The Balaban J connectivity index is 2.07. The van der Waals surface area contributed by atoms with Crippen molar-refractivity contribution in [2.75, 3.05) is 13.1 Å². The van der Waals surface area contributed by atoms with Crippen molar-refractivity contribution in [1.29, 1.82) is 0 Å². The average molecular weight is 370 g/mol. The van der Waals surface area contributed by atoms with E-state index in [9.17, 15) is 4.79 Å². The van der Waals surface area contributed by atoms with Crippen molar-refractivity contribution in [3.63, 3.8) is 0 Å². The molecule has 0 aromatic heterocycles. The fraction of sp³-hybridized carbons (Fsp3) is 0.409. The molecule has 0 bridgehead atoms. The number of amides is 1. The fourth-order valence-electron chi connectivity index (χ4n) is 2.83. The molecule has 0 heterocycles. The van der Waals surface area contributed by atoms with Crippen LogP contribution in [0.4, 0.5) is 4.79 Å². The predicted octanol–water partition coefficient (Wildman–Crippen LogP) is 3.54. The Kier molecular flexibility index (Phi) is 7.82. The summed E-state index contributed by atoms with van der Waals surface area (Å²) >= 11 is 0. The Hall–Kier alpha value is -2.37. The number of carbonyl (C=O) groups excluding carboxylic acids is 1. The van der Waals surface area contributed by atoms with E-state index in [2.05, 4.69) is 34.5 Å². The molecule has 146 valence electrons. The van der Waals surface area contributed by atoms with E-state index >= 15 is 0 Å². The van der Waals surface area contributed by atoms with Crippen LogP contribution in [-0.4, -0.2) is 35.7 Å². The molecule has 0 aliphatic rings. The summed E-state index contributed by atoms with van der Waals surface area (Å²) in [5, 5.41) is 2.86. The van der Waals surface area contributed by atoms with E-state index in [4.69, 9.17) is 10.5 Å². The molecule has 0 aliphatic heterocycles. The van der Waals surface area contributed by atoms with Crippen molar-refractivity contribution in [1.82, 2.24) is 10.2 Å². The standard InChI is InChI=1S/C22H31N3O2/c1-22(2,3)27-21(26)24-15-20(14-23)25(16-18-10-6-4-7-11-18)17-19-12-8-5-9-13-19/h4-13,20H,14-17,23H2,1-3H3,(H,24,26). The molecule has 1 atom stereocenters. The van der Waals surface area contributed by atoms with Crippen molar-refractivity contribution >= 4 is 6.09 Å². The molecule has 1 amide bonds. The number of hydrogen-bond acceptors (Lipinski definition) is 4. The lowest BCUT2D eigenvalue weighted by Gasteiger charge is -2.31. The second-order valence-electron chi connectivity index (χ2n) is 7.65. The molecule has 0 spiro atoms. The van der Waals surface area contributed by atoms with Gasteiger partial charge in [-0.3, -0.25) is 4.90 Å². The first kappa shape index (κ1) is 20.9. The van der Waals surface area contributed by atoms with E-state index < -0.39 is 11.7 Å². The van der Waals surface area contributed by atoms with Gasteiger partial charge in [0.05, 0.1) is 0 Å². The van der Waals surface area contributed by atoms with Crippen molar-refractivity contribution < 1.29 is 9.53 Å². The highest BCUT2D eigenvalue weighted by Crippen LogP contribution is 2.13. The molecule has 3 N–H and O–H groups in total. The average Bonchev–Trinajstić information content (AvgIpc) is 2.62. The summed E-state index contributed by atoms with van der Waals surface area (Å²) in [5.74, 6) is 0. The van der Waals surface area contributed by atoms with Crippen LogP contribution in [0.25, 0.3) is 0 Å². The first-order chi connectivity index (χ1) is 12.9. The molecule has 5 heteroatoms. The van der Waals surface area contributed by atoms with Crippen LogP contribution in [0.1, 0.15) is 31.9 Å². The van der Waals surface area contributed by atoms with Crippen molar-refractivity contribution in [2.24, 2.45) is 5.73 Å². The molecule has 2 rings (SSSR count). The van der Waals surface area contributed by atoms with E-state index in [0.717, 1.165) is 13.1 Å². The molecule has 0 radical (unpaired) electrons. The summed E-state index contributed by atoms with van der Waals surface area (Å²) in [6, 6.07) is 20.6. The van der Waals surface area contributed by atoms with Crippen LogP contribution in [0.15, 0.2) is 60.7 Å². The normalized spacial score (nSPS) is 12.6. The second-order valence-corrected chi connectivity index (χ2v) is 7.65. The van der Waals surface area contributed by atoms with E-state index in [0.29, 0.717) is 13.1 Å². The molecule has 2 aromatic rings. The molecule has 5 nitrogen and oxygen atoms in total. The summed E-state index contributed by atoms with van der Waals surface area (Å²) in [6.45, 7) is 7.94. The number of nitrogens with one attached hydrogen (secondary N) is 1. The van der Waals surface area contributed by atoms with Gasteiger partial charge in [0.25, 0.3) is 0 Å². The van der Waals surface area contributed by atoms with E-state index in [1.165, 1.54) is 11.1 Å². The van der Waals surface area contributed by atoms with Gasteiger partial charge in [0.2, 0.25) is 0 Å². The Morgan fingerprint density at radius 1 is 1.00 bits per heavy atom. The molecule has 1 unspecified atom stereocenters. The number of hydrogen-bond donors (Lipinski definition) is 2. The second kappa shape index (κ2) is 10.1.